The van der Waals surface area contributed by atoms with E-state index < -0.39 is 0 Å². The molecule has 0 saturated carbocycles. The van der Waals surface area contributed by atoms with E-state index in [1.54, 1.807) is 18.2 Å². The Balaban J connectivity index is 2.30. The lowest BCUT2D eigenvalue weighted by molar-refractivity contribution is 0.462. The van der Waals surface area contributed by atoms with Gasteiger partial charge in [0.15, 0.2) is 0 Å². The van der Waals surface area contributed by atoms with Crippen LogP contribution in [0.5, 0.6) is 5.75 Å². The van der Waals surface area contributed by atoms with Crippen LogP contribution in [0.3, 0.4) is 0 Å². The van der Waals surface area contributed by atoms with Gasteiger partial charge in [-0.3, -0.25) is 0 Å². The molecule has 1 aromatic heterocycles. The lowest BCUT2D eigenvalue weighted by atomic mass is 10.3. The maximum absolute atomic E-state index is 9.56. The zero-order valence-corrected chi connectivity index (χ0v) is 9.16. The van der Waals surface area contributed by atoms with Crippen molar-refractivity contribution in [3.05, 3.63) is 41.8 Å². The number of hydrogen-bond donors (Lipinski definition) is 1. The zero-order chi connectivity index (χ0) is 10.7. The second-order valence-corrected chi connectivity index (χ2v) is 4.18. The third kappa shape index (κ3) is 2.40. The quantitative estimate of drug-likeness (QED) is 0.817. The van der Waals surface area contributed by atoms with Crippen LogP contribution in [0.4, 0.5) is 0 Å². The molecule has 0 aliphatic carbocycles. The van der Waals surface area contributed by atoms with Gasteiger partial charge in [0.2, 0.25) is 0 Å². The molecule has 5 heteroatoms. The zero-order valence-electron chi connectivity index (χ0n) is 7.59. The highest BCUT2D eigenvalue weighted by atomic mass is 35.5. The van der Waals surface area contributed by atoms with E-state index in [0.717, 1.165) is 4.90 Å². The Morgan fingerprint density at radius 1 is 1.27 bits per heavy atom. The molecule has 2 rings (SSSR count). The minimum Gasteiger partial charge on any atom is -0.507 e. The molecule has 1 aromatic carbocycles. The lowest BCUT2D eigenvalue weighted by Gasteiger charge is -2.03. The minimum absolute atomic E-state index is 0.220. The van der Waals surface area contributed by atoms with E-state index in [1.165, 1.54) is 24.3 Å². The molecular formula is C10H7ClN2OS. The van der Waals surface area contributed by atoms with Crippen molar-refractivity contribution in [3.8, 4) is 5.75 Å². The Hall–Kier alpha value is -1.26. The van der Waals surface area contributed by atoms with Crippen LogP contribution in [0.1, 0.15) is 0 Å². The molecule has 0 amide bonds. The highest BCUT2D eigenvalue weighted by Crippen LogP contribution is 2.35. The number of hydrogen-bond acceptors (Lipinski definition) is 4. The van der Waals surface area contributed by atoms with Crippen LogP contribution in [0.25, 0.3) is 0 Å². The summed E-state index contributed by atoms with van der Waals surface area (Å²) in [7, 11) is 0. The highest BCUT2D eigenvalue weighted by molar-refractivity contribution is 7.99. The molecule has 15 heavy (non-hydrogen) atoms. The molecule has 0 bridgehead atoms. The molecule has 0 saturated heterocycles. The Labute approximate surface area is 96.1 Å². The van der Waals surface area contributed by atoms with Gasteiger partial charge in [-0.2, -0.15) is 0 Å². The Morgan fingerprint density at radius 2 is 2.07 bits per heavy atom. The molecule has 0 aliphatic heterocycles. The van der Waals surface area contributed by atoms with E-state index in [-0.39, 0.29) is 5.75 Å². The average molecular weight is 239 g/mol. The summed E-state index contributed by atoms with van der Waals surface area (Å²) < 4.78 is 0. The average Bonchev–Trinajstić information content (AvgIpc) is 2.24. The number of halogens is 1. The lowest BCUT2D eigenvalue weighted by Crippen LogP contribution is -1.83. The van der Waals surface area contributed by atoms with Crippen molar-refractivity contribution in [1.29, 1.82) is 0 Å². The summed E-state index contributed by atoms with van der Waals surface area (Å²) >= 11 is 7.21. The van der Waals surface area contributed by atoms with Crippen molar-refractivity contribution in [2.45, 2.75) is 9.92 Å². The largest absolute Gasteiger partial charge is 0.507 e. The number of nitrogens with zero attached hydrogens (tertiary/aromatic N) is 2. The number of phenolic OH excluding ortho intramolecular Hbond substituents is 1. The molecule has 0 fully saturated rings. The summed E-state index contributed by atoms with van der Waals surface area (Å²) in [5.74, 6) is 0.220. The fourth-order valence-electron chi connectivity index (χ4n) is 1.02. The molecule has 3 nitrogen and oxygen atoms in total. The van der Waals surface area contributed by atoms with Gasteiger partial charge in [0, 0.05) is 0 Å². The van der Waals surface area contributed by atoms with Crippen molar-refractivity contribution >= 4 is 23.4 Å². The molecule has 2 aromatic rings. The summed E-state index contributed by atoms with van der Waals surface area (Å²) in [6.07, 6.45) is 2.95. The smallest absolute Gasteiger partial charge is 0.129 e. The van der Waals surface area contributed by atoms with Gasteiger partial charge in [0.05, 0.1) is 16.1 Å². The normalized spacial score (nSPS) is 10.2. The van der Waals surface area contributed by atoms with Crippen LogP contribution in [-0.4, -0.2) is 15.1 Å². The molecule has 1 N–H and O–H groups in total. The van der Waals surface area contributed by atoms with E-state index in [9.17, 15) is 5.11 Å². The first-order valence-corrected chi connectivity index (χ1v) is 5.38. The fraction of sp³-hybridized carbons (Fsp3) is 0. The van der Waals surface area contributed by atoms with Crippen LogP contribution in [-0.2, 0) is 0 Å². The Kier molecular flexibility index (Phi) is 3.08. The van der Waals surface area contributed by atoms with E-state index in [0.29, 0.717) is 10.0 Å². The second-order valence-electron chi connectivity index (χ2n) is 2.75. The van der Waals surface area contributed by atoms with Gasteiger partial charge in [-0.25, -0.2) is 9.97 Å². The molecule has 0 atom stereocenters. The molecule has 76 valence electrons. The highest BCUT2D eigenvalue weighted by Gasteiger charge is 2.06. The number of para-hydroxylation sites is 1. The molecule has 1 heterocycles. The predicted molar refractivity (Wildman–Crippen MR) is 59.3 cm³/mol. The molecule has 0 spiro atoms. The molecule has 0 radical (unpaired) electrons. The number of rotatable bonds is 2. The van der Waals surface area contributed by atoms with Crippen LogP contribution >= 0.6 is 23.4 Å². The number of benzene rings is 1. The van der Waals surface area contributed by atoms with E-state index in [4.69, 9.17) is 11.6 Å². The summed E-state index contributed by atoms with van der Waals surface area (Å²) in [5, 5.41) is 10.7. The van der Waals surface area contributed by atoms with Crippen molar-refractivity contribution in [1.82, 2.24) is 9.97 Å². The third-order valence-corrected chi connectivity index (χ3v) is 3.18. The Morgan fingerprint density at radius 3 is 2.80 bits per heavy atom. The Bertz CT molecular complexity index is 435. The summed E-state index contributed by atoms with van der Waals surface area (Å²) in [5.41, 5.74) is 0. The van der Waals surface area contributed by atoms with Gasteiger partial charge in [-0.15, -0.1) is 0 Å². The van der Waals surface area contributed by atoms with Crippen molar-refractivity contribution in [2.75, 3.05) is 0 Å². The first kappa shape index (κ1) is 10.3. The number of aromatic nitrogens is 2. The van der Waals surface area contributed by atoms with Gasteiger partial charge in [0.25, 0.3) is 0 Å². The number of phenols is 1. The van der Waals surface area contributed by atoms with Crippen molar-refractivity contribution < 1.29 is 5.11 Å². The molecule has 0 aliphatic rings. The second kappa shape index (κ2) is 4.51. The minimum atomic E-state index is 0.220. The van der Waals surface area contributed by atoms with Gasteiger partial charge in [-0.1, -0.05) is 35.5 Å². The summed E-state index contributed by atoms with van der Waals surface area (Å²) in [4.78, 5) is 8.53. The first-order chi connectivity index (χ1) is 7.27. The predicted octanol–water partition coefficient (Wildman–Crippen LogP) is 2.99. The van der Waals surface area contributed by atoms with E-state index >= 15 is 0 Å². The number of aromatic hydroxyl groups is 1. The van der Waals surface area contributed by atoms with Crippen LogP contribution in [0, 0.1) is 0 Å². The van der Waals surface area contributed by atoms with Crippen molar-refractivity contribution in [2.24, 2.45) is 0 Å². The van der Waals surface area contributed by atoms with Crippen LogP contribution < -0.4 is 0 Å². The third-order valence-electron chi connectivity index (χ3n) is 1.71. The standard InChI is InChI=1S/C10H7ClN2OS/c11-7-5-12-6-13-10(7)15-9-4-2-1-3-8(9)14/h1-6,14H. The molecular weight excluding hydrogens is 232 g/mol. The summed E-state index contributed by atoms with van der Waals surface area (Å²) in [6, 6.07) is 7.04. The van der Waals surface area contributed by atoms with Crippen molar-refractivity contribution in [3.63, 3.8) is 0 Å². The SMILES string of the molecule is Oc1ccccc1Sc1ncncc1Cl. The topological polar surface area (TPSA) is 46.0 Å². The van der Waals surface area contributed by atoms with Gasteiger partial charge in [-0.05, 0) is 12.1 Å². The first-order valence-electron chi connectivity index (χ1n) is 4.19. The van der Waals surface area contributed by atoms with Gasteiger partial charge < -0.3 is 5.11 Å². The molecule has 0 unspecified atom stereocenters. The van der Waals surface area contributed by atoms with Gasteiger partial charge >= 0.3 is 0 Å². The summed E-state index contributed by atoms with van der Waals surface area (Å²) in [6.45, 7) is 0. The van der Waals surface area contributed by atoms with Gasteiger partial charge in [0.1, 0.15) is 17.1 Å². The maximum Gasteiger partial charge on any atom is 0.129 e. The fourth-order valence-corrected chi connectivity index (χ4v) is 2.02. The van der Waals surface area contributed by atoms with E-state index in [2.05, 4.69) is 9.97 Å². The maximum atomic E-state index is 9.56. The van der Waals surface area contributed by atoms with E-state index in [1.807, 2.05) is 6.07 Å². The van der Waals surface area contributed by atoms with Crippen LogP contribution in [0.15, 0.2) is 46.7 Å². The van der Waals surface area contributed by atoms with Crippen LogP contribution in [0.2, 0.25) is 5.02 Å². The monoisotopic (exact) mass is 238 g/mol.